The van der Waals surface area contributed by atoms with Gasteiger partial charge in [0.1, 0.15) is 6.54 Å². The molecule has 0 heterocycles. The van der Waals surface area contributed by atoms with Gasteiger partial charge in [-0.2, -0.15) is 0 Å². The van der Waals surface area contributed by atoms with Crippen LogP contribution in [-0.2, 0) is 9.59 Å². The Balaban J connectivity index is 1.68. The Morgan fingerprint density at radius 3 is 2.17 bits per heavy atom. The normalized spacial score (nSPS) is 34.3. The number of carboxylic acids is 1. The Hall–Kier alpha value is -1.06. The average molecular weight is 251 g/mol. The molecule has 3 saturated carbocycles. The summed E-state index contributed by atoms with van der Waals surface area (Å²) in [6, 6.07) is 0.190. The molecule has 2 atom stereocenters. The molecule has 0 aliphatic heterocycles. The topological polar surface area (TPSA) is 57.6 Å². The molecule has 3 aliphatic carbocycles. The van der Waals surface area contributed by atoms with E-state index in [9.17, 15) is 9.59 Å². The molecule has 4 nitrogen and oxygen atoms in total. The van der Waals surface area contributed by atoms with Crippen molar-refractivity contribution in [3.05, 3.63) is 0 Å². The summed E-state index contributed by atoms with van der Waals surface area (Å²) in [7, 11) is 0. The fraction of sp³-hybridized carbons (Fsp3) is 0.857. The summed E-state index contributed by atoms with van der Waals surface area (Å²) < 4.78 is 0. The van der Waals surface area contributed by atoms with Gasteiger partial charge in [0, 0.05) is 12.0 Å². The number of amides is 1. The summed E-state index contributed by atoms with van der Waals surface area (Å²) >= 11 is 0. The largest absolute Gasteiger partial charge is 0.480 e. The third-order valence-electron chi connectivity index (χ3n) is 5.05. The van der Waals surface area contributed by atoms with Crippen molar-refractivity contribution < 1.29 is 14.7 Å². The molecule has 0 saturated heterocycles. The Morgan fingerprint density at radius 2 is 1.61 bits per heavy atom. The predicted octanol–water partition coefficient (Wildman–Crippen LogP) is 1.89. The smallest absolute Gasteiger partial charge is 0.323 e. The second-order valence-corrected chi connectivity index (χ2v) is 6.08. The third kappa shape index (κ3) is 2.02. The highest BCUT2D eigenvalue weighted by atomic mass is 16.4. The minimum Gasteiger partial charge on any atom is -0.480 e. The lowest BCUT2D eigenvalue weighted by molar-refractivity contribution is -0.147. The second-order valence-electron chi connectivity index (χ2n) is 6.08. The molecule has 0 aromatic rings. The van der Waals surface area contributed by atoms with Crippen LogP contribution in [0.4, 0.5) is 0 Å². The molecule has 0 spiro atoms. The lowest BCUT2D eigenvalue weighted by Crippen LogP contribution is -2.43. The van der Waals surface area contributed by atoms with Crippen molar-refractivity contribution in [2.75, 3.05) is 6.54 Å². The van der Waals surface area contributed by atoms with Crippen LogP contribution in [0, 0.1) is 17.8 Å². The summed E-state index contributed by atoms with van der Waals surface area (Å²) in [6.45, 7) is -0.0978. The first-order chi connectivity index (χ1) is 8.68. The molecule has 3 fully saturated rings. The number of hydrogen-bond donors (Lipinski definition) is 1. The van der Waals surface area contributed by atoms with E-state index in [1.807, 2.05) is 0 Å². The number of nitrogens with zero attached hydrogens (tertiary/aromatic N) is 1. The van der Waals surface area contributed by atoms with Crippen molar-refractivity contribution >= 4 is 11.9 Å². The summed E-state index contributed by atoms with van der Waals surface area (Å²) in [5.74, 6) is 0.587. The van der Waals surface area contributed by atoms with E-state index in [-0.39, 0.29) is 24.4 Å². The van der Waals surface area contributed by atoms with E-state index in [4.69, 9.17) is 5.11 Å². The average Bonchev–Trinajstić information content (AvgIpc) is 2.81. The van der Waals surface area contributed by atoms with Crippen LogP contribution in [0.25, 0.3) is 0 Å². The van der Waals surface area contributed by atoms with Crippen LogP contribution in [0.5, 0.6) is 0 Å². The number of carbonyl (C=O) groups is 2. The Morgan fingerprint density at radius 1 is 1.00 bits per heavy atom. The van der Waals surface area contributed by atoms with E-state index >= 15 is 0 Å². The highest BCUT2D eigenvalue weighted by Gasteiger charge is 2.58. The molecule has 1 N–H and O–H groups in total. The van der Waals surface area contributed by atoms with Crippen LogP contribution in [0.1, 0.15) is 44.9 Å². The maximum absolute atomic E-state index is 12.5. The molecule has 1 amide bonds. The Kier molecular flexibility index (Phi) is 3.04. The Bertz CT molecular complexity index is 352. The molecular weight excluding hydrogens is 230 g/mol. The van der Waals surface area contributed by atoms with E-state index in [1.54, 1.807) is 4.90 Å². The van der Waals surface area contributed by atoms with Gasteiger partial charge >= 0.3 is 5.97 Å². The van der Waals surface area contributed by atoms with Crippen molar-refractivity contribution in [1.82, 2.24) is 4.90 Å². The van der Waals surface area contributed by atoms with Gasteiger partial charge in [0.05, 0.1) is 0 Å². The minimum absolute atomic E-state index is 0.0978. The third-order valence-corrected chi connectivity index (χ3v) is 5.05. The lowest BCUT2D eigenvalue weighted by Gasteiger charge is -2.28. The van der Waals surface area contributed by atoms with Crippen LogP contribution in [0.15, 0.2) is 0 Å². The number of fused-ring (bicyclic) bond motifs is 1. The van der Waals surface area contributed by atoms with Crippen molar-refractivity contribution in [2.24, 2.45) is 17.8 Å². The van der Waals surface area contributed by atoms with E-state index in [2.05, 4.69) is 0 Å². The molecule has 0 radical (unpaired) electrons. The Labute approximate surface area is 107 Å². The molecule has 100 valence electrons. The zero-order valence-electron chi connectivity index (χ0n) is 10.7. The van der Waals surface area contributed by atoms with Gasteiger partial charge in [-0.3, -0.25) is 9.59 Å². The van der Waals surface area contributed by atoms with Crippen LogP contribution in [0.3, 0.4) is 0 Å². The van der Waals surface area contributed by atoms with Gasteiger partial charge in [0.15, 0.2) is 0 Å². The molecule has 2 unspecified atom stereocenters. The SMILES string of the molecule is O=C(O)CN(C(=O)C1C2CCCC21)C1CCCC1. The summed E-state index contributed by atoms with van der Waals surface area (Å²) in [4.78, 5) is 25.1. The number of rotatable bonds is 4. The fourth-order valence-corrected chi connectivity index (χ4v) is 4.13. The van der Waals surface area contributed by atoms with Crippen LogP contribution < -0.4 is 0 Å². The van der Waals surface area contributed by atoms with Crippen molar-refractivity contribution in [1.29, 1.82) is 0 Å². The van der Waals surface area contributed by atoms with Gasteiger partial charge in [-0.25, -0.2) is 0 Å². The molecule has 3 aliphatic rings. The standard InChI is InChI=1S/C14H21NO3/c16-12(17)8-15(9-4-1-2-5-9)14(18)13-10-6-3-7-11(10)13/h9-11,13H,1-8H2,(H,16,17). The molecule has 18 heavy (non-hydrogen) atoms. The summed E-state index contributed by atoms with van der Waals surface area (Å²) in [5, 5.41) is 9.00. The zero-order chi connectivity index (χ0) is 12.7. The maximum atomic E-state index is 12.5. The first-order valence-electron chi connectivity index (χ1n) is 7.21. The lowest BCUT2D eigenvalue weighted by atomic mass is 10.1. The quantitative estimate of drug-likeness (QED) is 0.830. The van der Waals surface area contributed by atoms with Gasteiger partial charge in [-0.05, 0) is 37.5 Å². The predicted molar refractivity (Wildman–Crippen MR) is 65.9 cm³/mol. The number of carboxylic acid groups (broad SMARTS) is 1. The molecular formula is C14H21NO3. The second kappa shape index (κ2) is 4.56. The van der Waals surface area contributed by atoms with E-state index in [0.717, 1.165) is 25.7 Å². The molecule has 4 heteroatoms. The van der Waals surface area contributed by atoms with Crippen molar-refractivity contribution in [2.45, 2.75) is 51.0 Å². The highest BCUT2D eigenvalue weighted by molar-refractivity contribution is 5.86. The number of carbonyl (C=O) groups excluding carboxylic acids is 1. The fourth-order valence-electron chi connectivity index (χ4n) is 4.13. The first-order valence-corrected chi connectivity index (χ1v) is 7.21. The van der Waals surface area contributed by atoms with Crippen LogP contribution in [0.2, 0.25) is 0 Å². The molecule has 3 rings (SSSR count). The summed E-state index contributed by atoms with van der Waals surface area (Å²) in [5.41, 5.74) is 0. The zero-order valence-corrected chi connectivity index (χ0v) is 10.7. The monoisotopic (exact) mass is 251 g/mol. The minimum atomic E-state index is -0.874. The van der Waals surface area contributed by atoms with Gasteiger partial charge in [0.25, 0.3) is 0 Å². The van der Waals surface area contributed by atoms with Crippen LogP contribution >= 0.6 is 0 Å². The summed E-state index contributed by atoms with van der Waals surface area (Å²) in [6.07, 6.45) is 7.83. The van der Waals surface area contributed by atoms with E-state index < -0.39 is 5.97 Å². The van der Waals surface area contributed by atoms with Gasteiger partial charge in [0.2, 0.25) is 5.91 Å². The molecule has 0 aromatic heterocycles. The van der Waals surface area contributed by atoms with Gasteiger partial charge in [-0.15, -0.1) is 0 Å². The first kappa shape index (κ1) is 12.0. The van der Waals surface area contributed by atoms with Crippen LogP contribution in [-0.4, -0.2) is 34.5 Å². The van der Waals surface area contributed by atoms with Gasteiger partial charge < -0.3 is 10.0 Å². The molecule has 0 aromatic carbocycles. The maximum Gasteiger partial charge on any atom is 0.323 e. The molecule has 0 bridgehead atoms. The number of aliphatic carboxylic acids is 1. The highest BCUT2D eigenvalue weighted by Crippen LogP contribution is 2.58. The van der Waals surface area contributed by atoms with E-state index in [1.165, 1.54) is 19.3 Å². The number of hydrogen-bond acceptors (Lipinski definition) is 2. The van der Waals surface area contributed by atoms with Gasteiger partial charge in [-0.1, -0.05) is 19.3 Å². The van der Waals surface area contributed by atoms with Crippen molar-refractivity contribution in [3.8, 4) is 0 Å². The van der Waals surface area contributed by atoms with Crippen molar-refractivity contribution in [3.63, 3.8) is 0 Å². The van der Waals surface area contributed by atoms with E-state index in [0.29, 0.717) is 11.8 Å².